The van der Waals surface area contributed by atoms with Crippen LogP contribution in [-0.4, -0.2) is 6.04 Å². The lowest BCUT2D eigenvalue weighted by molar-refractivity contribution is 0.478. The SMILES string of the molecule is CCCCCCCCCCCCCCCC(N)CCCCCCCCCCCC. The van der Waals surface area contributed by atoms with Crippen LogP contribution in [0.15, 0.2) is 0 Å². The molecule has 0 bridgehead atoms. The second-order valence-corrected chi connectivity index (χ2v) is 9.76. The second-order valence-electron chi connectivity index (χ2n) is 9.76. The molecule has 0 fully saturated rings. The Balaban J connectivity index is 3.12. The average molecular weight is 410 g/mol. The number of hydrogen-bond acceptors (Lipinski definition) is 1. The van der Waals surface area contributed by atoms with E-state index in [0.717, 1.165) is 0 Å². The van der Waals surface area contributed by atoms with Crippen LogP contribution in [-0.2, 0) is 0 Å². The highest BCUT2D eigenvalue weighted by molar-refractivity contribution is 4.62. The van der Waals surface area contributed by atoms with Gasteiger partial charge in [0.05, 0.1) is 0 Å². The number of hydrogen-bond donors (Lipinski definition) is 1. The van der Waals surface area contributed by atoms with Crippen LogP contribution in [0.3, 0.4) is 0 Å². The fourth-order valence-electron chi connectivity index (χ4n) is 4.46. The molecular weight excluding hydrogens is 350 g/mol. The molecule has 0 spiro atoms. The van der Waals surface area contributed by atoms with Gasteiger partial charge in [-0.3, -0.25) is 0 Å². The van der Waals surface area contributed by atoms with Crippen molar-refractivity contribution in [2.24, 2.45) is 5.73 Å². The molecular formula is C28H59N. The fraction of sp³-hybridized carbons (Fsp3) is 1.00. The van der Waals surface area contributed by atoms with Crippen molar-refractivity contribution in [3.63, 3.8) is 0 Å². The molecule has 0 saturated heterocycles. The highest BCUT2D eigenvalue weighted by Crippen LogP contribution is 2.15. The van der Waals surface area contributed by atoms with Crippen LogP contribution in [0.5, 0.6) is 0 Å². The van der Waals surface area contributed by atoms with E-state index in [1.807, 2.05) is 0 Å². The zero-order chi connectivity index (χ0) is 21.3. The second kappa shape index (κ2) is 26.0. The molecule has 29 heavy (non-hydrogen) atoms. The minimum Gasteiger partial charge on any atom is -0.328 e. The first-order valence-electron chi connectivity index (χ1n) is 14.1. The summed E-state index contributed by atoms with van der Waals surface area (Å²) < 4.78 is 0. The molecule has 0 saturated carbocycles. The van der Waals surface area contributed by atoms with Crippen molar-refractivity contribution in [3.8, 4) is 0 Å². The average Bonchev–Trinajstić information content (AvgIpc) is 2.72. The van der Waals surface area contributed by atoms with Crippen molar-refractivity contribution in [2.45, 2.75) is 180 Å². The summed E-state index contributed by atoms with van der Waals surface area (Å²) in [6.07, 6.45) is 35.4. The Morgan fingerprint density at radius 2 is 0.552 bits per heavy atom. The van der Waals surface area contributed by atoms with E-state index >= 15 is 0 Å². The third-order valence-corrected chi connectivity index (χ3v) is 6.61. The van der Waals surface area contributed by atoms with Gasteiger partial charge >= 0.3 is 0 Å². The van der Waals surface area contributed by atoms with Gasteiger partial charge in [-0.05, 0) is 12.8 Å². The minimum atomic E-state index is 0.469. The summed E-state index contributed by atoms with van der Waals surface area (Å²) in [6, 6.07) is 0.469. The molecule has 176 valence electrons. The summed E-state index contributed by atoms with van der Waals surface area (Å²) in [5.41, 5.74) is 6.32. The van der Waals surface area contributed by atoms with E-state index in [1.165, 1.54) is 161 Å². The molecule has 0 amide bonds. The lowest BCUT2D eigenvalue weighted by Crippen LogP contribution is -2.19. The summed E-state index contributed by atoms with van der Waals surface area (Å²) in [7, 11) is 0. The highest BCUT2D eigenvalue weighted by Gasteiger charge is 2.02. The number of nitrogens with two attached hydrogens (primary N) is 1. The Bertz CT molecular complexity index is 275. The lowest BCUT2D eigenvalue weighted by atomic mass is 10.00. The summed E-state index contributed by atoms with van der Waals surface area (Å²) in [4.78, 5) is 0. The molecule has 0 radical (unpaired) electrons. The molecule has 0 aromatic carbocycles. The van der Waals surface area contributed by atoms with Gasteiger partial charge in [-0.1, -0.05) is 162 Å². The van der Waals surface area contributed by atoms with Crippen molar-refractivity contribution in [1.82, 2.24) is 0 Å². The predicted molar refractivity (Wildman–Crippen MR) is 135 cm³/mol. The lowest BCUT2D eigenvalue weighted by Gasteiger charge is -2.11. The molecule has 1 atom stereocenters. The molecule has 0 aromatic heterocycles. The van der Waals surface area contributed by atoms with Crippen LogP contribution in [0.2, 0.25) is 0 Å². The van der Waals surface area contributed by atoms with Crippen LogP contribution < -0.4 is 5.73 Å². The molecule has 0 aliphatic rings. The first kappa shape index (κ1) is 29.0. The van der Waals surface area contributed by atoms with Gasteiger partial charge in [0.25, 0.3) is 0 Å². The standard InChI is InChI=1S/C28H59N/c1-3-5-7-9-11-13-15-16-17-19-21-23-25-27-28(29)26-24-22-20-18-14-12-10-8-6-4-2/h28H,3-27,29H2,1-2H3. The third kappa shape index (κ3) is 25.9. The first-order chi connectivity index (χ1) is 14.3. The van der Waals surface area contributed by atoms with Crippen LogP contribution in [0.4, 0.5) is 0 Å². The zero-order valence-corrected chi connectivity index (χ0v) is 20.8. The van der Waals surface area contributed by atoms with Gasteiger partial charge in [0.15, 0.2) is 0 Å². The molecule has 0 aromatic rings. The predicted octanol–water partition coefficient (Wildman–Crippen LogP) is 10.1. The van der Waals surface area contributed by atoms with Crippen LogP contribution in [0, 0.1) is 0 Å². The van der Waals surface area contributed by atoms with Gasteiger partial charge in [0, 0.05) is 6.04 Å². The number of unbranched alkanes of at least 4 members (excludes halogenated alkanes) is 21. The zero-order valence-electron chi connectivity index (χ0n) is 20.8. The molecule has 0 aliphatic carbocycles. The Kier molecular flexibility index (Phi) is 26.0. The van der Waals surface area contributed by atoms with Gasteiger partial charge in [-0.15, -0.1) is 0 Å². The van der Waals surface area contributed by atoms with Crippen LogP contribution in [0.1, 0.15) is 174 Å². The molecule has 0 rings (SSSR count). The summed E-state index contributed by atoms with van der Waals surface area (Å²) >= 11 is 0. The molecule has 1 heteroatoms. The van der Waals surface area contributed by atoms with Crippen LogP contribution >= 0.6 is 0 Å². The third-order valence-electron chi connectivity index (χ3n) is 6.61. The van der Waals surface area contributed by atoms with E-state index < -0.39 is 0 Å². The maximum atomic E-state index is 6.32. The monoisotopic (exact) mass is 409 g/mol. The van der Waals surface area contributed by atoms with Crippen molar-refractivity contribution in [2.75, 3.05) is 0 Å². The Labute approximate surface area is 186 Å². The van der Waals surface area contributed by atoms with Gasteiger partial charge in [-0.2, -0.15) is 0 Å². The van der Waals surface area contributed by atoms with Gasteiger partial charge in [0.1, 0.15) is 0 Å². The maximum absolute atomic E-state index is 6.32. The first-order valence-corrected chi connectivity index (χ1v) is 14.1. The van der Waals surface area contributed by atoms with Crippen molar-refractivity contribution in [3.05, 3.63) is 0 Å². The van der Waals surface area contributed by atoms with Crippen molar-refractivity contribution >= 4 is 0 Å². The quantitative estimate of drug-likeness (QED) is 0.149. The summed E-state index contributed by atoms with van der Waals surface area (Å²) in [6.45, 7) is 4.59. The van der Waals surface area contributed by atoms with Crippen molar-refractivity contribution < 1.29 is 0 Å². The molecule has 0 aliphatic heterocycles. The summed E-state index contributed by atoms with van der Waals surface area (Å²) in [5, 5.41) is 0. The number of rotatable bonds is 25. The van der Waals surface area contributed by atoms with E-state index in [4.69, 9.17) is 5.73 Å². The van der Waals surface area contributed by atoms with Crippen LogP contribution in [0.25, 0.3) is 0 Å². The Hall–Kier alpha value is -0.0400. The highest BCUT2D eigenvalue weighted by atomic mass is 14.6. The minimum absolute atomic E-state index is 0.469. The normalized spacial score (nSPS) is 12.5. The van der Waals surface area contributed by atoms with Gasteiger partial charge in [-0.25, -0.2) is 0 Å². The van der Waals surface area contributed by atoms with Gasteiger partial charge in [0.2, 0.25) is 0 Å². The maximum Gasteiger partial charge on any atom is 0.00388 e. The largest absolute Gasteiger partial charge is 0.328 e. The van der Waals surface area contributed by atoms with E-state index in [1.54, 1.807) is 0 Å². The molecule has 1 unspecified atom stereocenters. The Morgan fingerprint density at radius 3 is 0.793 bits per heavy atom. The van der Waals surface area contributed by atoms with E-state index in [2.05, 4.69) is 13.8 Å². The summed E-state index contributed by atoms with van der Waals surface area (Å²) in [5.74, 6) is 0. The Morgan fingerprint density at radius 1 is 0.345 bits per heavy atom. The fourth-order valence-corrected chi connectivity index (χ4v) is 4.46. The molecule has 2 N–H and O–H groups in total. The van der Waals surface area contributed by atoms with E-state index in [0.29, 0.717) is 6.04 Å². The van der Waals surface area contributed by atoms with E-state index in [-0.39, 0.29) is 0 Å². The smallest absolute Gasteiger partial charge is 0.00388 e. The molecule has 0 heterocycles. The van der Waals surface area contributed by atoms with Gasteiger partial charge < -0.3 is 5.73 Å². The van der Waals surface area contributed by atoms with Crippen molar-refractivity contribution in [1.29, 1.82) is 0 Å². The molecule has 1 nitrogen and oxygen atoms in total. The topological polar surface area (TPSA) is 26.0 Å². The van der Waals surface area contributed by atoms with E-state index in [9.17, 15) is 0 Å².